The Hall–Kier alpha value is -1.32. The van der Waals surface area contributed by atoms with E-state index in [0.29, 0.717) is 24.6 Å². The third-order valence-electron chi connectivity index (χ3n) is 2.32. The Labute approximate surface area is 98.6 Å². The molecule has 0 spiro atoms. The first-order valence-electron chi connectivity index (χ1n) is 5.02. The van der Waals surface area contributed by atoms with Gasteiger partial charge in [0.05, 0.1) is 13.2 Å². The lowest BCUT2D eigenvalue weighted by Gasteiger charge is -2.07. The molecule has 0 unspecified atom stereocenters. The van der Waals surface area contributed by atoms with E-state index in [4.69, 9.17) is 16.3 Å². The van der Waals surface area contributed by atoms with Crippen LogP contribution in [0.15, 0.2) is 30.5 Å². The number of hydrogen-bond acceptors (Lipinski definition) is 3. The van der Waals surface area contributed by atoms with E-state index >= 15 is 0 Å². The molecule has 0 saturated heterocycles. The van der Waals surface area contributed by atoms with Crippen molar-refractivity contribution < 1.29 is 9.84 Å². The maximum atomic E-state index is 9.64. The van der Waals surface area contributed by atoms with Gasteiger partial charge in [0.15, 0.2) is 0 Å². The van der Waals surface area contributed by atoms with E-state index in [-0.39, 0.29) is 5.75 Å². The van der Waals surface area contributed by atoms with E-state index in [0.717, 1.165) is 10.9 Å². The van der Waals surface area contributed by atoms with Crippen LogP contribution in [0.1, 0.15) is 5.56 Å². The quantitative estimate of drug-likeness (QED) is 0.657. The highest BCUT2D eigenvalue weighted by atomic mass is 35.5. The summed E-state index contributed by atoms with van der Waals surface area (Å²) >= 11 is 5.53. The first-order chi connectivity index (χ1) is 7.83. The van der Waals surface area contributed by atoms with Gasteiger partial charge in [-0.15, -0.1) is 11.6 Å². The van der Waals surface area contributed by atoms with Crippen molar-refractivity contribution in [2.45, 2.75) is 6.61 Å². The molecule has 84 valence electrons. The van der Waals surface area contributed by atoms with Crippen molar-refractivity contribution >= 4 is 22.5 Å². The van der Waals surface area contributed by atoms with Gasteiger partial charge in [0.25, 0.3) is 0 Å². The summed E-state index contributed by atoms with van der Waals surface area (Å²) in [5.41, 5.74) is 1.61. The zero-order valence-electron chi connectivity index (χ0n) is 8.69. The fourth-order valence-electron chi connectivity index (χ4n) is 1.58. The molecule has 4 heteroatoms. The average Bonchev–Trinajstić information content (AvgIpc) is 2.33. The number of alkyl halides is 1. The zero-order chi connectivity index (χ0) is 11.4. The van der Waals surface area contributed by atoms with Gasteiger partial charge in [-0.3, -0.25) is 4.98 Å². The fourth-order valence-corrected chi connectivity index (χ4v) is 1.69. The number of aromatic hydroxyl groups is 1. The zero-order valence-corrected chi connectivity index (χ0v) is 9.44. The number of nitrogens with zero attached hydrogens (tertiary/aromatic N) is 1. The molecule has 2 rings (SSSR count). The van der Waals surface area contributed by atoms with Gasteiger partial charge in [0.2, 0.25) is 0 Å². The highest BCUT2D eigenvalue weighted by Crippen LogP contribution is 2.25. The summed E-state index contributed by atoms with van der Waals surface area (Å²) in [5, 5.41) is 10.6. The molecule has 2 aromatic rings. The van der Waals surface area contributed by atoms with Crippen molar-refractivity contribution in [2.75, 3.05) is 12.5 Å². The summed E-state index contributed by atoms with van der Waals surface area (Å²) in [7, 11) is 0. The van der Waals surface area contributed by atoms with E-state index in [9.17, 15) is 5.11 Å². The third kappa shape index (κ3) is 2.26. The van der Waals surface area contributed by atoms with Crippen LogP contribution in [0, 0.1) is 0 Å². The SMILES string of the molecule is Oc1ccc(COCCCl)c2cccnc12. The van der Waals surface area contributed by atoms with E-state index < -0.39 is 0 Å². The van der Waals surface area contributed by atoms with Crippen LogP contribution in [0.2, 0.25) is 0 Å². The van der Waals surface area contributed by atoms with Crippen LogP contribution < -0.4 is 0 Å². The molecule has 0 saturated carbocycles. The van der Waals surface area contributed by atoms with Crippen LogP contribution in [0.5, 0.6) is 5.75 Å². The van der Waals surface area contributed by atoms with Crippen molar-refractivity contribution in [1.29, 1.82) is 0 Å². The van der Waals surface area contributed by atoms with Gasteiger partial charge >= 0.3 is 0 Å². The van der Waals surface area contributed by atoms with E-state index in [1.54, 1.807) is 12.3 Å². The Balaban J connectivity index is 2.35. The van der Waals surface area contributed by atoms with Crippen LogP contribution >= 0.6 is 11.6 Å². The predicted octanol–water partition coefficient (Wildman–Crippen LogP) is 2.70. The number of phenolic OH excluding ortho intramolecular Hbond substituents is 1. The summed E-state index contributed by atoms with van der Waals surface area (Å²) in [6.45, 7) is 0.999. The minimum absolute atomic E-state index is 0.191. The minimum Gasteiger partial charge on any atom is -0.506 e. The largest absolute Gasteiger partial charge is 0.506 e. The maximum absolute atomic E-state index is 9.64. The molecule has 0 amide bonds. The number of halogens is 1. The molecular weight excluding hydrogens is 226 g/mol. The van der Waals surface area contributed by atoms with Crippen LogP contribution in [0.25, 0.3) is 10.9 Å². The number of pyridine rings is 1. The monoisotopic (exact) mass is 237 g/mol. The topological polar surface area (TPSA) is 42.4 Å². The van der Waals surface area contributed by atoms with Crippen molar-refractivity contribution in [2.24, 2.45) is 0 Å². The van der Waals surface area contributed by atoms with Gasteiger partial charge in [0.1, 0.15) is 11.3 Å². The number of aromatic nitrogens is 1. The number of benzene rings is 1. The summed E-state index contributed by atoms with van der Waals surface area (Å²) < 4.78 is 5.38. The number of ether oxygens (including phenoxy) is 1. The second-order valence-corrected chi connectivity index (χ2v) is 3.76. The Morgan fingerprint density at radius 1 is 1.31 bits per heavy atom. The van der Waals surface area contributed by atoms with Crippen molar-refractivity contribution in [3.63, 3.8) is 0 Å². The first kappa shape index (κ1) is 11.2. The molecule has 0 aliphatic rings. The van der Waals surface area contributed by atoms with Crippen LogP contribution in [0.4, 0.5) is 0 Å². The summed E-state index contributed by atoms with van der Waals surface area (Å²) in [6.07, 6.45) is 1.66. The maximum Gasteiger partial charge on any atom is 0.141 e. The molecule has 3 nitrogen and oxygen atoms in total. The highest BCUT2D eigenvalue weighted by molar-refractivity contribution is 6.17. The van der Waals surface area contributed by atoms with Crippen molar-refractivity contribution in [3.05, 3.63) is 36.0 Å². The fraction of sp³-hybridized carbons (Fsp3) is 0.250. The van der Waals surface area contributed by atoms with Crippen molar-refractivity contribution in [3.8, 4) is 5.75 Å². The van der Waals surface area contributed by atoms with Crippen LogP contribution in [-0.4, -0.2) is 22.6 Å². The second kappa shape index (κ2) is 5.14. The smallest absolute Gasteiger partial charge is 0.141 e. The summed E-state index contributed by atoms with van der Waals surface area (Å²) in [4.78, 5) is 4.14. The molecule has 0 radical (unpaired) electrons. The molecule has 0 atom stereocenters. The number of phenols is 1. The second-order valence-electron chi connectivity index (χ2n) is 3.38. The van der Waals surface area contributed by atoms with E-state index in [1.165, 1.54) is 0 Å². The Morgan fingerprint density at radius 2 is 2.19 bits per heavy atom. The molecule has 1 heterocycles. The average molecular weight is 238 g/mol. The minimum atomic E-state index is 0.191. The number of rotatable bonds is 4. The van der Waals surface area contributed by atoms with Gasteiger partial charge in [-0.2, -0.15) is 0 Å². The lowest BCUT2D eigenvalue weighted by Crippen LogP contribution is -1.97. The van der Waals surface area contributed by atoms with Gasteiger partial charge < -0.3 is 9.84 Å². The number of hydrogen-bond donors (Lipinski definition) is 1. The number of fused-ring (bicyclic) bond motifs is 1. The normalized spacial score (nSPS) is 10.8. The Morgan fingerprint density at radius 3 is 3.00 bits per heavy atom. The van der Waals surface area contributed by atoms with Crippen LogP contribution in [-0.2, 0) is 11.3 Å². The summed E-state index contributed by atoms with van der Waals surface area (Å²) in [5.74, 6) is 0.672. The molecular formula is C12H12ClNO2. The predicted molar refractivity (Wildman–Crippen MR) is 63.8 cm³/mol. The molecule has 1 aromatic carbocycles. The third-order valence-corrected chi connectivity index (χ3v) is 2.47. The molecule has 1 aromatic heterocycles. The van der Waals surface area contributed by atoms with Gasteiger partial charge in [-0.05, 0) is 17.7 Å². The first-order valence-corrected chi connectivity index (χ1v) is 5.55. The van der Waals surface area contributed by atoms with Crippen molar-refractivity contribution in [1.82, 2.24) is 4.98 Å². The molecule has 0 fully saturated rings. The Kier molecular flexibility index (Phi) is 3.59. The lowest BCUT2D eigenvalue weighted by atomic mass is 10.1. The molecule has 0 aliphatic carbocycles. The van der Waals surface area contributed by atoms with Gasteiger partial charge in [0, 0.05) is 17.5 Å². The molecule has 16 heavy (non-hydrogen) atoms. The molecule has 0 aliphatic heterocycles. The lowest BCUT2D eigenvalue weighted by molar-refractivity contribution is 0.136. The van der Waals surface area contributed by atoms with E-state index in [2.05, 4.69) is 4.98 Å². The van der Waals surface area contributed by atoms with Crippen LogP contribution in [0.3, 0.4) is 0 Å². The highest BCUT2D eigenvalue weighted by Gasteiger charge is 2.05. The Bertz CT molecular complexity index is 487. The van der Waals surface area contributed by atoms with Gasteiger partial charge in [-0.1, -0.05) is 12.1 Å². The molecule has 1 N–H and O–H groups in total. The summed E-state index contributed by atoms with van der Waals surface area (Å²) in [6, 6.07) is 7.23. The standard InChI is InChI=1S/C12H12ClNO2/c13-5-7-16-8-9-3-4-11(15)12-10(9)2-1-6-14-12/h1-4,6,15H,5,7-8H2. The van der Waals surface area contributed by atoms with E-state index in [1.807, 2.05) is 18.2 Å². The molecule has 0 bridgehead atoms. The van der Waals surface area contributed by atoms with Gasteiger partial charge in [-0.25, -0.2) is 0 Å².